The van der Waals surface area contributed by atoms with E-state index in [1.807, 2.05) is 0 Å². The standard InChI is InChI=1S/C22H31NO3/c1-23-13-12-22(11-10-17(24)15-21(22)23)16-8-9-19(25-2)20(14-16)26-18-6-4-3-5-7-18/h8-9,14,18,21H,3-7,10-13,15H2,1-2H3/t21-,22-/m0/s1. The molecule has 26 heavy (non-hydrogen) atoms. The van der Waals surface area contributed by atoms with Crippen molar-refractivity contribution in [1.29, 1.82) is 0 Å². The molecule has 1 saturated heterocycles. The summed E-state index contributed by atoms with van der Waals surface area (Å²) in [6, 6.07) is 6.80. The fraction of sp³-hybridized carbons (Fsp3) is 0.682. The van der Waals surface area contributed by atoms with Crippen molar-refractivity contribution in [3.63, 3.8) is 0 Å². The third kappa shape index (κ3) is 3.13. The van der Waals surface area contributed by atoms with E-state index in [1.54, 1.807) is 7.11 Å². The zero-order valence-electron chi connectivity index (χ0n) is 16.1. The lowest BCUT2D eigenvalue weighted by Crippen LogP contribution is -2.46. The maximum Gasteiger partial charge on any atom is 0.161 e. The van der Waals surface area contributed by atoms with Crippen LogP contribution < -0.4 is 9.47 Å². The van der Waals surface area contributed by atoms with Crippen molar-refractivity contribution in [2.24, 2.45) is 0 Å². The number of Topliss-reactive ketones (excluding diaryl/α,β-unsaturated/α-hetero) is 1. The summed E-state index contributed by atoms with van der Waals surface area (Å²) in [5.41, 5.74) is 1.41. The number of likely N-dealkylation sites (tertiary alicyclic amines) is 1. The highest BCUT2D eigenvalue weighted by Gasteiger charge is 2.50. The van der Waals surface area contributed by atoms with Crippen LogP contribution in [0.2, 0.25) is 0 Å². The summed E-state index contributed by atoms with van der Waals surface area (Å²) in [5, 5.41) is 0. The van der Waals surface area contributed by atoms with Crippen LogP contribution in [0.4, 0.5) is 0 Å². The molecule has 0 bridgehead atoms. The summed E-state index contributed by atoms with van der Waals surface area (Å²) in [4.78, 5) is 14.5. The van der Waals surface area contributed by atoms with Crippen LogP contribution in [0.25, 0.3) is 0 Å². The largest absolute Gasteiger partial charge is 0.493 e. The van der Waals surface area contributed by atoms with Crippen LogP contribution in [-0.4, -0.2) is 43.5 Å². The minimum absolute atomic E-state index is 0.0829. The minimum Gasteiger partial charge on any atom is -0.493 e. The Balaban J connectivity index is 1.65. The summed E-state index contributed by atoms with van der Waals surface area (Å²) in [5.74, 6) is 2.12. The van der Waals surface area contributed by atoms with Gasteiger partial charge in [0.15, 0.2) is 11.5 Å². The van der Waals surface area contributed by atoms with Crippen LogP contribution >= 0.6 is 0 Å². The Kier molecular flexibility index (Phi) is 4.96. The third-order valence-electron chi connectivity index (χ3n) is 6.94. The number of likely N-dealkylation sites (N-methyl/N-ethyl adjacent to an activating group) is 1. The smallest absolute Gasteiger partial charge is 0.161 e. The highest BCUT2D eigenvalue weighted by molar-refractivity contribution is 5.81. The molecule has 1 heterocycles. The lowest BCUT2D eigenvalue weighted by atomic mass is 9.66. The van der Waals surface area contributed by atoms with Crippen LogP contribution in [0.5, 0.6) is 11.5 Å². The Morgan fingerprint density at radius 1 is 1.12 bits per heavy atom. The third-order valence-corrected chi connectivity index (χ3v) is 6.94. The average molecular weight is 357 g/mol. The van der Waals surface area contributed by atoms with Crippen LogP contribution in [0.3, 0.4) is 0 Å². The van der Waals surface area contributed by atoms with Gasteiger partial charge in [0.1, 0.15) is 5.78 Å². The first kappa shape index (κ1) is 17.8. The maximum absolute atomic E-state index is 12.1. The van der Waals surface area contributed by atoms with Crippen molar-refractivity contribution in [1.82, 2.24) is 4.90 Å². The zero-order chi connectivity index (χ0) is 18.1. The summed E-state index contributed by atoms with van der Waals surface area (Å²) in [6.07, 6.45) is 9.87. The lowest BCUT2D eigenvalue weighted by Gasteiger charge is -2.41. The van der Waals surface area contributed by atoms with Gasteiger partial charge in [-0.15, -0.1) is 0 Å². The second-order valence-corrected chi connectivity index (χ2v) is 8.39. The van der Waals surface area contributed by atoms with Gasteiger partial charge in [0, 0.05) is 24.3 Å². The number of fused-ring (bicyclic) bond motifs is 1. The number of benzene rings is 1. The topological polar surface area (TPSA) is 38.8 Å². The van der Waals surface area contributed by atoms with Gasteiger partial charge in [0.2, 0.25) is 0 Å². The number of carbonyl (C=O) groups excluding carboxylic acids is 1. The van der Waals surface area contributed by atoms with Gasteiger partial charge in [-0.1, -0.05) is 12.5 Å². The summed E-state index contributed by atoms with van der Waals surface area (Å²) in [6.45, 7) is 1.06. The zero-order valence-corrected chi connectivity index (χ0v) is 16.1. The quantitative estimate of drug-likeness (QED) is 0.813. The molecule has 4 nitrogen and oxygen atoms in total. The number of ketones is 1. The second kappa shape index (κ2) is 7.22. The molecule has 2 aliphatic carbocycles. The fourth-order valence-corrected chi connectivity index (χ4v) is 5.37. The Bertz CT molecular complexity index is 667. The molecule has 3 fully saturated rings. The molecule has 4 rings (SSSR count). The molecule has 4 heteroatoms. The van der Waals surface area contributed by atoms with E-state index in [0.29, 0.717) is 30.8 Å². The molecular weight excluding hydrogens is 326 g/mol. The van der Waals surface area contributed by atoms with E-state index in [-0.39, 0.29) is 5.41 Å². The van der Waals surface area contributed by atoms with Crippen LogP contribution in [0.1, 0.15) is 63.4 Å². The molecule has 0 amide bonds. The summed E-state index contributed by atoms with van der Waals surface area (Å²) in [7, 11) is 3.88. The van der Waals surface area contributed by atoms with E-state index in [1.165, 1.54) is 24.8 Å². The first-order valence-electron chi connectivity index (χ1n) is 10.2. The molecular formula is C22H31NO3. The average Bonchev–Trinajstić information content (AvgIpc) is 3.00. The Morgan fingerprint density at radius 3 is 2.69 bits per heavy atom. The van der Waals surface area contributed by atoms with Gasteiger partial charge in [-0.3, -0.25) is 4.79 Å². The number of nitrogens with zero attached hydrogens (tertiary/aromatic N) is 1. The molecule has 0 spiro atoms. The molecule has 1 aromatic rings. The molecule has 0 radical (unpaired) electrons. The monoisotopic (exact) mass is 357 g/mol. The van der Waals surface area contributed by atoms with Crippen molar-refractivity contribution >= 4 is 5.78 Å². The van der Waals surface area contributed by atoms with Gasteiger partial charge < -0.3 is 14.4 Å². The van der Waals surface area contributed by atoms with Crippen molar-refractivity contribution in [3.8, 4) is 11.5 Å². The predicted molar refractivity (Wildman–Crippen MR) is 102 cm³/mol. The summed E-state index contributed by atoms with van der Waals surface area (Å²) < 4.78 is 12.0. The molecule has 2 atom stereocenters. The molecule has 3 aliphatic rings. The van der Waals surface area contributed by atoms with E-state index in [9.17, 15) is 4.79 Å². The van der Waals surface area contributed by atoms with E-state index in [4.69, 9.17) is 9.47 Å². The molecule has 0 N–H and O–H groups in total. The van der Waals surface area contributed by atoms with Crippen molar-refractivity contribution in [2.45, 2.75) is 75.3 Å². The van der Waals surface area contributed by atoms with Crippen LogP contribution in [0.15, 0.2) is 18.2 Å². The van der Waals surface area contributed by atoms with E-state index in [0.717, 1.165) is 43.7 Å². The predicted octanol–water partition coefficient (Wildman–Crippen LogP) is 4.10. The number of ether oxygens (including phenoxy) is 2. The second-order valence-electron chi connectivity index (χ2n) is 8.39. The van der Waals surface area contributed by atoms with Gasteiger partial charge in [-0.25, -0.2) is 0 Å². The van der Waals surface area contributed by atoms with E-state index < -0.39 is 0 Å². The number of hydrogen-bond donors (Lipinski definition) is 0. The van der Waals surface area contributed by atoms with Crippen LogP contribution in [0, 0.1) is 0 Å². The summed E-state index contributed by atoms with van der Waals surface area (Å²) >= 11 is 0. The normalized spacial score (nSPS) is 30.2. The Morgan fingerprint density at radius 2 is 1.92 bits per heavy atom. The Labute approximate surface area is 156 Å². The van der Waals surface area contributed by atoms with E-state index in [2.05, 4.69) is 30.1 Å². The number of hydrogen-bond acceptors (Lipinski definition) is 4. The van der Waals surface area contributed by atoms with E-state index >= 15 is 0 Å². The molecule has 2 saturated carbocycles. The SMILES string of the molecule is COc1ccc([C@@]23CCC(=O)C[C@@H]2N(C)CC3)cc1OC1CCCCC1. The molecule has 1 aromatic carbocycles. The molecule has 1 aliphatic heterocycles. The minimum atomic E-state index is 0.0829. The highest BCUT2D eigenvalue weighted by atomic mass is 16.5. The number of carbonyl (C=O) groups is 1. The molecule has 0 unspecified atom stereocenters. The lowest BCUT2D eigenvalue weighted by molar-refractivity contribution is -0.122. The first-order valence-corrected chi connectivity index (χ1v) is 10.2. The fourth-order valence-electron chi connectivity index (χ4n) is 5.37. The molecule has 142 valence electrons. The number of rotatable bonds is 4. The van der Waals surface area contributed by atoms with Gasteiger partial charge in [0.05, 0.1) is 13.2 Å². The van der Waals surface area contributed by atoms with Crippen molar-refractivity contribution in [2.75, 3.05) is 20.7 Å². The van der Waals surface area contributed by atoms with Gasteiger partial charge in [0.25, 0.3) is 0 Å². The van der Waals surface area contributed by atoms with Crippen molar-refractivity contribution in [3.05, 3.63) is 23.8 Å². The first-order chi connectivity index (χ1) is 12.6. The maximum atomic E-state index is 12.1. The van der Waals surface area contributed by atoms with Gasteiger partial charge >= 0.3 is 0 Å². The van der Waals surface area contributed by atoms with Crippen LogP contribution in [-0.2, 0) is 10.2 Å². The number of methoxy groups -OCH3 is 1. The van der Waals surface area contributed by atoms with Gasteiger partial charge in [-0.05, 0) is 69.8 Å². The van der Waals surface area contributed by atoms with Gasteiger partial charge in [-0.2, -0.15) is 0 Å². The van der Waals surface area contributed by atoms with Crippen molar-refractivity contribution < 1.29 is 14.3 Å². The Hall–Kier alpha value is -1.55. The highest BCUT2D eigenvalue weighted by Crippen LogP contribution is 2.49. The molecule has 0 aromatic heterocycles.